The van der Waals surface area contributed by atoms with Gasteiger partial charge >= 0.3 is 11.9 Å². The maximum atomic E-state index is 11.9. The zero-order chi connectivity index (χ0) is 30.9. The predicted molar refractivity (Wildman–Crippen MR) is 178 cm³/mol. The molecule has 0 heterocycles. The molecule has 0 aliphatic carbocycles. The summed E-state index contributed by atoms with van der Waals surface area (Å²) in [6, 6.07) is 0. The zero-order valence-corrected chi connectivity index (χ0v) is 28.4. The minimum Gasteiger partial charge on any atom is -0.463 e. The van der Waals surface area contributed by atoms with E-state index in [4.69, 9.17) is 9.47 Å². The number of carbonyl (C=O) groups is 2. The van der Waals surface area contributed by atoms with Crippen LogP contribution >= 0.6 is 0 Å². The highest BCUT2D eigenvalue weighted by atomic mass is 16.6. The van der Waals surface area contributed by atoms with Crippen molar-refractivity contribution in [3.8, 4) is 0 Å². The lowest BCUT2D eigenvalue weighted by Crippen LogP contribution is -2.25. The average Bonchev–Trinajstić information content (AvgIpc) is 2.97. The number of rotatable bonds is 33. The number of unbranched alkanes of at least 4 members (excludes halogenated alkanes) is 23. The van der Waals surface area contributed by atoms with Crippen LogP contribution < -0.4 is 0 Å². The van der Waals surface area contributed by atoms with Gasteiger partial charge in [-0.3, -0.25) is 9.59 Å². The van der Waals surface area contributed by atoms with Crippen LogP contribution in [-0.2, 0) is 19.1 Å². The van der Waals surface area contributed by atoms with Gasteiger partial charge in [0.05, 0.1) is 0 Å². The van der Waals surface area contributed by atoms with Crippen LogP contribution in [0.3, 0.4) is 0 Å². The quantitative estimate of drug-likeness (QED) is 0.0602. The van der Waals surface area contributed by atoms with Crippen molar-refractivity contribution in [1.82, 2.24) is 0 Å². The van der Waals surface area contributed by atoms with Gasteiger partial charge in [-0.1, -0.05) is 175 Å². The van der Waals surface area contributed by atoms with E-state index in [1.165, 1.54) is 135 Å². The summed E-state index contributed by atoms with van der Waals surface area (Å²) in [7, 11) is 0. The minimum atomic E-state index is -0.953. The van der Waals surface area contributed by atoms with E-state index in [1.54, 1.807) is 0 Å². The first-order valence-electron chi connectivity index (χ1n) is 18.4. The van der Waals surface area contributed by atoms with E-state index in [0.29, 0.717) is 12.8 Å². The molecule has 0 spiro atoms. The largest absolute Gasteiger partial charge is 0.463 e. The van der Waals surface area contributed by atoms with Crippen LogP contribution in [-0.4, -0.2) is 36.4 Å². The minimum absolute atomic E-state index is 0.109. The Bertz CT molecular complexity index is 577. The molecule has 0 aromatic heterocycles. The molecule has 0 aliphatic heterocycles. The molecular formula is C37H72O5. The number of hydrogen-bond acceptors (Lipinski definition) is 5. The van der Waals surface area contributed by atoms with Crippen molar-refractivity contribution in [2.75, 3.05) is 13.2 Å². The summed E-state index contributed by atoms with van der Waals surface area (Å²) in [5, 5.41) is 9.93. The molecule has 0 aromatic rings. The first-order chi connectivity index (χ1) is 20.5. The molecule has 0 fully saturated rings. The molecule has 250 valence electrons. The third-order valence-corrected chi connectivity index (χ3v) is 8.27. The number of ether oxygens (including phenoxy) is 2. The van der Waals surface area contributed by atoms with Gasteiger partial charge in [-0.15, -0.1) is 0 Å². The molecule has 0 unspecified atom stereocenters. The van der Waals surface area contributed by atoms with Gasteiger partial charge in [0.2, 0.25) is 0 Å². The number of aliphatic hydroxyl groups is 1. The van der Waals surface area contributed by atoms with Crippen molar-refractivity contribution in [3.05, 3.63) is 0 Å². The van der Waals surface area contributed by atoms with Crippen LogP contribution in [0.4, 0.5) is 0 Å². The molecule has 0 aromatic carbocycles. The molecule has 0 amide bonds. The Labute approximate surface area is 261 Å². The lowest BCUT2D eigenvalue weighted by Gasteiger charge is -2.12. The second-order valence-corrected chi connectivity index (χ2v) is 13.2. The standard InChI is InChI=1S/C37H72O5/c1-4-5-6-7-20-24-27-30-36(39)41-32-35(38)33-42-37(40)31-28-25-22-19-17-15-13-11-9-8-10-12-14-16-18-21-23-26-29-34(2)3/h34-35,38H,4-33H2,1-3H3/t35-/m0/s1. The SMILES string of the molecule is CCCCCCCCCC(=O)OC[C@H](O)COC(=O)CCCCCCCCCCCCCCCCCCCCC(C)C. The fourth-order valence-corrected chi connectivity index (χ4v) is 5.45. The Hall–Kier alpha value is -1.10. The Balaban J connectivity index is 3.33. The van der Waals surface area contributed by atoms with E-state index in [9.17, 15) is 14.7 Å². The van der Waals surface area contributed by atoms with Crippen LogP contribution in [0.2, 0.25) is 0 Å². The van der Waals surface area contributed by atoms with Crippen LogP contribution in [0, 0.1) is 5.92 Å². The van der Waals surface area contributed by atoms with Crippen LogP contribution in [0.15, 0.2) is 0 Å². The van der Waals surface area contributed by atoms with E-state index in [0.717, 1.165) is 38.0 Å². The van der Waals surface area contributed by atoms with E-state index in [2.05, 4.69) is 20.8 Å². The van der Waals surface area contributed by atoms with Gasteiger partial charge in [-0.05, 0) is 18.8 Å². The number of esters is 2. The molecule has 5 heteroatoms. The molecule has 0 saturated heterocycles. The summed E-state index contributed by atoms with van der Waals surface area (Å²) in [4.78, 5) is 23.7. The molecule has 1 N–H and O–H groups in total. The fraction of sp³-hybridized carbons (Fsp3) is 0.946. The van der Waals surface area contributed by atoms with E-state index < -0.39 is 6.10 Å². The lowest BCUT2D eigenvalue weighted by atomic mass is 10.0. The lowest BCUT2D eigenvalue weighted by molar-refractivity contribution is -0.152. The number of hydrogen-bond donors (Lipinski definition) is 1. The summed E-state index contributed by atoms with van der Waals surface area (Å²) >= 11 is 0. The highest BCUT2D eigenvalue weighted by Gasteiger charge is 2.12. The van der Waals surface area contributed by atoms with Crippen LogP contribution in [0.1, 0.15) is 201 Å². The third kappa shape index (κ3) is 33.4. The van der Waals surface area contributed by atoms with Gasteiger partial charge in [0, 0.05) is 12.8 Å². The van der Waals surface area contributed by atoms with E-state index in [1.807, 2.05) is 0 Å². The molecule has 1 atom stereocenters. The molecule has 0 radical (unpaired) electrons. The van der Waals surface area contributed by atoms with Crippen molar-refractivity contribution in [2.24, 2.45) is 5.92 Å². The number of carbonyl (C=O) groups excluding carboxylic acids is 2. The molecule has 5 nitrogen and oxygen atoms in total. The van der Waals surface area contributed by atoms with Gasteiger partial charge in [0.15, 0.2) is 0 Å². The Morgan fingerprint density at radius 3 is 1.07 bits per heavy atom. The van der Waals surface area contributed by atoms with Crippen molar-refractivity contribution in [1.29, 1.82) is 0 Å². The average molecular weight is 597 g/mol. The van der Waals surface area contributed by atoms with Gasteiger partial charge < -0.3 is 14.6 Å². The smallest absolute Gasteiger partial charge is 0.305 e. The fourth-order valence-electron chi connectivity index (χ4n) is 5.45. The molecule has 0 bridgehead atoms. The van der Waals surface area contributed by atoms with Crippen LogP contribution in [0.25, 0.3) is 0 Å². The van der Waals surface area contributed by atoms with Gasteiger partial charge in [-0.25, -0.2) is 0 Å². The monoisotopic (exact) mass is 597 g/mol. The summed E-state index contributed by atoms with van der Waals surface area (Å²) in [5.41, 5.74) is 0. The van der Waals surface area contributed by atoms with E-state index >= 15 is 0 Å². The van der Waals surface area contributed by atoms with Gasteiger partial charge in [0.25, 0.3) is 0 Å². The van der Waals surface area contributed by atoms with E-state index in [-0.39, 0.29) is 25.2 Å². The highest BCUT2D eigenvalue weighted by molar-refractivity contribution is 5.69. The first-order valence-corrected chi connectivity index (χ1v) is 18.4. The molecule has 42 heavy (non-hydrogen) atoms. The van der Waals surface area contributed by atoms with Gasteiger partial charge in [-0.2, -0.15) is 0 Å². The molecule has 0 rings (SSSR count). The third-order valence-electron chi connectivity index (χ3n) is 8.27. The van der Waals surface area contributed by atoms with Crippen molar-refractivity contribution in [3.63, 3.8) is 0 Å². The molecular weight excluding hydrogens is 524 g/mol. The van der Waals surface area contributed by atoms with Crippen molar-refractivity contribution in [2.45, 2.75) is 207 Å². The maximum Gasteiger partial charge on any atom is 0.305 e. The highest BCUT2D eigenvalue weighted by Crippen LogP contribution is 2.16. The normalized spacial score (nSPS) is 12.1. The Morgan fingerprint density at radius 1 is 0.476 bits per heavy atom. The summed E-state index contributed by atoms with van der Waals surface area (Å²) in [6.45, 7) is 6.63. The maximum absolute atomic E-state index is 11.9. The first kappa shape index (κ1) is 40.9. The second kappa shape index (κ2) is 32.8. The molecule has 0 aliphatic rings. The molecule has 0 saturated carbocycles. The summed E-state index contributed by atoms with van der Waals surface area (Å²) in [5.74, 6) is 0.304. The van der Waals surface area contributed by atoms with Crippen molar-refractivity contribution < 1.29 is 24.2 Å². The predicted octanol–water partition coefficient (Wildman–Crippen LogP) is 11.0. The second-order valence-electron chi connectivity index (χ2n) is 13.2. The van der Waals surface area contributed by atoms with Crippen molar-refractivity contribution >= 4 is 11.9 Å². The number of aliphatic hydroxyl groups excluding tert-OH is 1. The Kier molecular flexibility index (Phi) is 31.9. The van der Waals surface area contributed by atoms with Crippen LogP contribution in [0.5, 0.6) is 0 Å². The Morgan fingerprint density at radius 2 is 0.762 bits per heavy atom. The summed E-state index contributed by atoms with van der Waals surface area (Å²) < 4.78 is 10.3. The topological polar surface area (TPSA) is 72.8 Å². The zero-order valence-electron chi connectivity index (χ0n) is 28.4. The van der Waals surface area contributed by atoms with Gasteiger partial charge in [0.1, 0.15) is 19.3 Å². The summed E-state index contributed by atoms with van der Waals surface area (Å²) in [6.07, 6.45) is 33.2.